The van der Waals surface area contributed by atoms with Crippen molar-refractivity contribution in [2.45, 2.75) is 46.5 Å². The molecule has 11 nitrogen and oxygen atoms in total. The molecule has 0 saturated carbocycles. The van der Waals surface area contributed by atoms with Gasteiger partial charge in [-0.1, -0.05) is 55.4 Å². The summed E-state index contributed by atoms with van der Waals surface area (Å²) in [5.41, 5.74) is 1.91. The molecule has 0 radical (unpaired) electrons. The van der Waals surface area contributed by atoms with E-state index in [2.05, 4.69) is 31.0 Å². The van der Waals surface area contributed by atoms with Crippen molar-refractivity contribution in [3.63, 3.8) is 0 Å². The summed E-state index contributed by atoms with van der Waals surface area (Å²) in [6, 6.07) is 14.9. The average Bonchev–Trinajstić information content (AvgIpc) is 3.34. The molecule has 0 aliphatic heterocycles. The highest BCUT2D eigenvalue weighted by atomic mass is 16.6. The third kappa shape index (κ3) is 7.40. The number of carbonyl (C=O) groups is 1. The SMILES string of the molecule is CCOC(C(C)OC)C(C)C(C)C(=O)Nc1cccc(CON=C(c2ccccc2)c2nnnn2C)n1. The first kappa shape index (κ1) is 27.9. The van der Waals surface area contributed by atoms with Crippen LogP contribution in [0.3, 0.4) is 0 Å². The molecule has 198 valence electrons. The van der Waals surface area contributed by atoms with E-state index in [9.17, 15) is 4.79 Å². The van der Waals surface area contributed by atoms with E-state index in [1.165, 1.54) is 4.68 Å². The van der Waals surface area contributed by atoms with Crippen molar-refractivity contribution in [2.24, 2.45) is 24.0 Å². The van der Waals surface area contributed by atoms with Gasteiger partial charge in [0.05, 0.1) is 17.9 Å². The number of aryl methyl sites for hydroxylation is 1. The maximum Gasteiger partial charge on any atom is 0.228 e. The summed E-state index contributed by atoms with van der Waals surface area (Å²) in [6.45, 7) is 8.38. The molecular weight excluding hydrogens is 474 g/mol. The van der Waals surface area contributed by atoms with Crippen LogP contribution in [0.1, 0.15) is 44.8 Å². The monoisotopic (exact) mass is 509 g/mol. The van der Waals surface area contributed by atoms with Crippen LogP contribution in [-0.2, 0) is 32.8 Å². The molecule has 1 aromatic carbocycles. The normalized spacial score (nSPS) is 15.0. The molecule has 3 rings (SSSR count). The molecule has 0 fully saturated rings. The number of aromatic nitrogens is 5. The number of nitrogens with one attached hydrogen (secondary N) is 1. The molecule has 0 spiro atoms. The first-order valence-corrected chi connectivity index (χ1v) is 12.2. The minimum Gasteiger partial charge on any atom is -0.389 e. The van der Waals surface area contributed by atoms with Gasteiger partial charge in [-0.15, -0.1) is 5.10 Å². The highest BCUT2D eigenvalue weighted by molar-refractivity contribution is 6.10. The van der Waals surface area contributed by atoms with Crippen molar-refractivity contribution in [1.82, 2.24) is 25.2 Å². The minimum atomic E-state index is -0.325. The van der Waals surface area contributed by atoms with E-state index >= 15 is 0 Å². The standard InChI is InChI=1S/C26H35N7O4/c1-7-36-24(19(4)35-6)17(2)18(3)26(34)28-22-15-11-14-21(27-22)16-37-30-23(20-12-9-8-10-13-20)25-29-31-32-33(25)5/h8-15,17-19,24H,7,16H2,1-6H3,(H,27,28,34). The van der Waals surface area contributed by atoms with Crippen LogP contribution in [0.4, 0.5) is 5.82 Å². The van der Waals surface area contributed by atoms with Crippen molar-refractivity contribution in [2.75, 3.05) is 19.0 Å². The lowest BCUT2D eigenvalue weighted by molar-refractivity contribution is -0.126. The van der Waals surface area contributed by atoms with E-state index < -0.39 is 0 Å². The Labute approximate surface area is 217 Å². The van der Waals surface area contributed by atoms with Crippen molar-refractivity contribution in [3.05, 3.63) is 65.6 Å². The molecule has 0 saturated heterocycles. The fourth-order valence-electron chi connectivity index (χ4n) is 3.85. The summed E-state index contributed by atoms with van der Waals surface area (Å²) in [6.07, 6.45) is -0.341. The molecule has 1 amide bonds. The lowest BCUT2D eigenvalue weighted by atomic mass is 9.87. The molecule has 0 bridgehead atoms. The Morgan fingerprint density at radius 3 is 2.51 bits per heavy atom. The summed E-state index contributed by atoms with van der Waals surface area (Å²) >= 11 is 0. The quantitative estimate of drug-likeness (QED) is 0.275. The maximum absolute atomic E-state index is 13.0. The van der Waals surface area contributed by atoms with E-state index in [-0.39, 0.29) is 36.6 Å². The summed E-state index contributed by atoms with van der Waals surface area (Å²) < 4.78 is 12.8. The predicted octanol–water partition coefficient (Wildman–Crippen LogP) is 3.23. The number of oxime groups is 1. The Morgan fingerprint density at radius 2 is 1.86 bits per heavy atom. The third-order valence-corrected chi connectivity index (χ3v) is 6.22. The maximum atomic E-state index is 13.0. The first-order valence-electron chi connectivity index (χ1n) is 12.2. The zero-order chi connectivity index (χ0) is 26.8. The summed E-state index contributed by atoms with van der Waals surface area (Å²) in [5, 5.41) is 18.8. The smallest absolute Gasteiger partial charge is 0.228 e. The van der Waals surface area contributed by atoms with E-state index in [1.807, 2.05) is 58.0 Å². The Bertz CT molecular complexity index is 1170. The van der Waals surface area contributed by atoms with Gasteiger partial charge in [-0.3, -0.25) is 4.79 Å². The molecule has 4 atom stereocenters. The molecule has 3 aromatic rings. The van der Waals surface area contributed by atoms with Crippen LogP contribution in [0.5, 0.6) is 0 Å². The Kier molecular flexibility index (Phi) is 10.2. The van der Waals surface area contributed by atoms with Gasteiger partial charge in [-0.2, -0.15) is 0 Å². The fraction of sp³-hybridized carbons (Fsp3) is 0.462. The second-order valence-electron chi connectivity index (χ2n) is 8.72. The molecule has 37 heavy (non-hydrogen) atoms. The zero-order valence-electron chi connectivity index (χ0n) is 22.2. The summed E-state index contributed by atoms with van der Waals surface area (Å²) in [4.78, 5) is 23.1. The van der Waals surface area contributed by atoms with Gasteiger partial charge in [0, 0.05) is 32.2 Å². The molecule has 11 heteroatoms. The number of carbonyl (C=O) groups excluding carboxylic acids is 1. The number of rotatable bonds is 13. The number of tetrazole rings is 1. The van der Waals surface area contributed by atoms with Crippen molar-refractivity contribution in [3.8, 4) is 0 Å². The van der Waals surface area contributed by atoms with Gasteiger partial charge >= 0.3 is 0 Å². The first-order chi connectivity index (χ1) is 17.8. The fourth-order valence-corrected chi connectivity index (χ4v) is 3.85. The number of hydrogen-bond donors (Lipinski definition) is 1. The highest BCUT2D eigenvalue weighted by Gasteiger charge is 2.32. The number of benzene rings is 1. The predicted molar refractivity (Wildman–Crippen MR) is 139 cm³/mol. The van der Waals surface area contributed by atoms with Gasteiger partial charge in [0.25, 0.3) is 0 Å². The number of amides is 1. The van der Waals surface area contributed by atoms with Gasteiger partial charge < -0.3 is 19.6 Å². The molecule has 2 aromatic heterocycles. The van der Waals surface area contributed by atoms with Crippen LogP contribution in [0.2, 0.25) is 0 Å². The molecule has 0 aliphatic rings. The second-order valence-corrected chi connectivity index (χ2v) is 8.72. The van der Waals surface area contributed by atoms with Gasteiger partial charge in [-0.05, 0) is 42.3 Å². The molecule has 0 aliphatic carbocycles. The zero-order valence-corrected chi connectivity index (χ0v) is 22.2. The van der Waals surface area contributed by atoms with E-state index in [1.54, 1.807) is 32.4 Å². The van der Waals surface area contributed by atoms with Gasteiger partial charge in [0.15, 0.2) is 12.3 Å². The van der Waals surface area contributed by atoms with E-state index in [0.717, 1.165) is 5.56 Å². The van der Waals surface area contributed by atoms with Crippen molar-refractivity contribution in [1.29, 1.82) is 0 Å². The van der Waals surface area contributed by atoms with Crippen LogP contribution < -0.4 is 5.32 Å². The third-order valence-electron chi connectivity index (χ3n) is 6.22. The Balaban J connectivity index is 1.67. The number of hydrogen-bond acceptors (Lipinski definition) is 9. The van der Waals surface area contributed by atoms with E-state index in [0.29, 0.717) is 29.7 Å². The number of pyridine rings is 1. The average molecular weight is 510 g/mol. The molecule has 4 unspecified atom stereocenters. The topological polar surface area (TPSA) is 126 Å². The minimum absolute atomic E-state index is 0.0673. The molecular formula is C26H35N7O4. The van der Waals surface area contributed by atoms with Gasteiger partial charge in [0.1, 0.15) is 5.82 Å². The summed E-state index contributed by atoms with van der Waals surface area (Å²) in [7, 11) is 3.37. The number of ether oxygens (including phenoxy) is 2. The van der Waals surface area contributed by atoms with Crippen LogP contribution in [0, 0.1) is 11.8 Å². The van der Waals surface area contributed by atoms with Crippen molar-refractivity contribution < 1.29 is 19.1 Å². The number of nitrogens with zero attached hydrogens (tertiary/aromatic N) is 6. The van der Waals surface area contributed by atoms with Crippen LogP contribution in [-0.4, -0.2) is 62.7 Å². The molecule has 2 heterocycles. The van der Waals surface area contributed by atoms with Crippen LogP contribution in [0.25, 0.3) is 0 Å². The highest BCUT2D eigenvalue weighted by Crippen LogP contribution is 2.23. The van der Waals surface area contributed by atoms with Gasteiger partial charge in [-0.25, -0.2) is 9.67 Å². The number of methoxy groups -OCH3 is 1. The Hall–Kier alpha value is -3.70. The second kappa shape index (κ2) is 13.6. The largest absolute Gasteiger partial charge is 0.389 e. The van der Waals surface area contributed by atoms with Crippen LogP contribution in [0.15, 0.2) is 53.7 Å². The lowest BCUT2D eigenvalue weighted by Gasteiger charge is -2.31. The van der Waals surface area contributed by atoms with Gasteiger partial charge in [0.2, 0.25) is 11.7 Å². The van der Waals surface area contributed by atoms with Crippen LogP contribution >= 0.6 is 0 Å². The molecule has 1 N–H and O–H groups in total. The van der Waals surface area contributed by atoms with E-state index in [4.69, 9.17) is 14.3 Å². The Morgan fingerprint density at radius 1 is 1.11 bits per heavy atom. The lowest BCUT2D eigenvalue weighted by Crippen LogP contribution is -2.40. The number of anilines is 1. The van der Waals surface area contributed by atoms with Crippen molar-refractivity contribution >= 4 is 17.4 Å². The summed E-state index contributed by atoms with van der Waals surface area (Å²) in [5.74, 6) is 0.362.